The quantitative estimate of drug-likeness (QED) is 0.507. The molecule has 7 nitrogen and oxygen atoms in total. The van der Waals surface area contributed by atoms with E-state index in [0.29, 0.717) is 0 Å². The Labute approximate surface area is 124 Å². The summed E-state index contributed by atoms with van der Waals surface area (Å²) < 4.78 is 6.20. The molecule has 100 valence electrons. The van der Waals surface area contributed by atoms with Crippen molar-refractivity contribution >= 4 is 50.5 Å². The van der Waals surface area contributed by atoms with Crippen molar-refractivity contribution in [3.8, 4) is 5.88 Å². The van der Waals surface area contributed by atoms with E-state index in [9.17, 15) is 10.1 Å². The highest BCUT2D eigenvalue weighted by atomic mass is 79.9. The minimum absolute atomic E-state index is 0.129. The Kier molecular flexibility index (Phi) is 4.17. The zero-order valence-electron chi connectivity index (χ0n) is 9.17. The van der Waals surface area contributed by atoms with Gasteiger partial charge in [-0.05, 0) is 22.0 Å². The lowest BCUT2D eigenvalue weighted by Crippen LogP contribution is -2.05. The van der Waals surface area contributed by atoms with Gasteiger partial charge in [0, 0.05) is 14.7 Å². The number of halogens is 2. The smallest absolute Gasteiger partial charge is 0.368 e. The number of hydrogen-bond donors (Lipinski definition) is 1. The van der Waals surface area contributed by atoms with Crippen LogP contribution in [0, 0.1) is 10.1 Å². The minimum atomic E-state index is -0.707. The standard InChI is InChI=1S/C9H6BrClN4O3S/c10-4-1-5(19-3-4)2-18-8-6(15(16)17)7(11)13-9(12)14-8/h1,3H,2H2,(H2,12,13,14). The average molecular weight is 366 g/mol. The molecule has 0 fully saturated rings. The maximum atomic E-state index is 10.9. The second-order valence-corrected chi connectivity index (χ2v) is 5.57. The molecule has 2 aromatic heterocycles. The molecular weight excluding hydrogens is 360 g/mol. The van der Waals surface area contributed by atoms with Crippen molar-refractivity contribution in [2.45, 2.75) is 6.61 Å². The van der Waals surface area contributed by atoms with Crippen LogP contribution in [-0.2, 0) is 6.61 Å². The second kappa shape index (κ2) is 5.68. The van der Waals surface area contributed by atoms with Crippen molar-refractivity contribution in [2.75, 3.05) is 5.73 Å². The molecule has 0 aliphatic rings. The summed E-state index contributed by atoms with van der Waals surface area (Å²) in [7, 11) is 0. The zero-order chi connectivity index (χ0) is 14.0. The number of rotatable bonds is 4. The first-order valence-electron chi connectivity index (χ1n) is 4.80. The largest absolute Gasteiger partial charge is 0.467 e. The number of aromatic nitrogens is 2. The first-order valence-corrected chi connectivity index (χ1v) is 6.85. The number of ether oxygens (including phenoxy) is 1. The lowest BCUT2D eigenvalue weighted by Gasteiger charge is -2.05. The molecule has 0 atom stereocenters. The van der Waals surface area contributed by atoms with Gasteiger partial charge in [-0.15, -0.1) is 11.3 Å². The van der Waals surface area contributed by atoms with Crippen LogP contribution in [-0.4, -0.2) is 14.9 Å². The highest BCUT2D eigenvalue weighted by Gasteiger charge is 2.24. The van der Waals surface area contributed by atoms with Crippen LogP contribution in [0.1, 0.15) is 4.88 Å². The third-order valence-corrected chi connectivity index (χ3v) is 3.92. The molecule has 0 aliphatic heterocycles. The minimum Gasteiger partial charge on any atom is -0.467 e. The number of nitro groups is 1. The van der Waals surface area contributed by atoms with E-state index in [2.05, 4.69) is 25.9 Å². The van der Waals surface area contributed by atoms with Crippen molar-refractivity contribution in [1.82, 2.24) is 9.97 Å². The molecule has 0 aromatic carbocycles. The zero-order valence-corrected chi connectivity index (χ0v) is 12.3. The number of nitrogens with zero attached hydrogens (tertiary/aromatic N) is 3. The number of anilines is 1. The van der Waals surface area contributed by atoms with Crippen molar-refractivity contribution in [1.29, 1.82) is 0 Å². The Morgan fingerprint density at radius 2 is 2.32 bits per heavy atom. The van der Waals surface area contributed by atoms with E-state index in [-0.39, 0.29) is 23.6 Å². The number of nitrogens with two attached hydrogens (primary N) is 1. The van der Waals surface area contributed by atoms with Crippen LogP contribution < -0.4 is 10.5 Å². The average Bonchev–Trinajstić information content (AvgIpc) is 2.71. The van der Waals surface area contributed by atoms with Gasteiger partial charge >= 0.3 is 11.6 Å². The van der Waals surface area contributed by atoms with Crippen molar-refractivity contribution in [3.05, 3.63) is 36.1 Å². The maximum Gasteiger partial charge on any atom is 0.368 e. The van der Waals surface area contributed by atoms with Crippen LogP contribution in [0.15, 0.2) is 15.9 Å². The summed E-state index contributed by atoms with van der Waals surface area (Å²) in [5, 5.41) is 12.4. The van der Waals surface area contributed by atoms with Gasteiger partial charge in [-0.3, -0.25) is 10.1 Å². The summed E-state index contributed by atoms with van der Waals surface area (Å²) >= 11 is 10.4. The van der Waals surface area contributed by atoms with Crippen molar-refractivity contribution in [2.24, 2.45) is 0 Å². The van der Waals surface area contributed by atoms with Gasteiger partial charge in [0.15, 0.2) is 0 Å². The van der Waals surface area contributed by atoms with E-state index in [1.54, 1.807) is 0 Å². The number of hydrogen-bond acceptors (Lipinski definition) is 7. The van der Waals surface area contributed by atoms with Gasteiger partial charge in [-0.2, -0.15) is 9.97 Å². The second-order valence-electron chi connectivity index (χ2n) is 3.30. The van der Waals surface area contributed by atoms with Crippen molar-refractivity contribution in [3.63, 3.8) is 0 Å². The monoisotopic (exact) mass is 364 g/mol. The molecule has 0 aliphatic carbocycles. The maximum absolute atomic E-state index is 10.9. The SMILES string of the molecule is Nc1nc(Cl)c([N+](=O)[O-])c(OCc2cc(Br)cs2)n1. The molecule has 2 N–H and O–H groups in total. The Morgan fingerprint density at radius 1 is 1.58 bits per heavy atom. The molecule has 0 spiro atoms. The highest BCUT2D eigenvalue weighted by molar-refractivity contribution is 9.10. The van der Waals surface area contributed by atoms with E-state index < -0.39 is 10.6 Å². The molecular formula is C9H6BrClN4O3S. The molecule has 0 unspecified atom stereocenters. The van der Waals surface area contributed by atoms with Crippen LogP contribution in [0.5, 0.6) is 5.88 Å². The predicted octanol–water partition coefficient (Wildman–Crippen LogP) is 3.02. The normalized spacial score (nSPS) is 10.4. The molecule has 19 heavy (non-hydrogen) atoms. The lowest BCUT2D eigenvalue weighted by molar-refractivity contribution is -0.386. The Hall–Kier alpha value is -1.45. The molecule has 0 saturated carbocycles. The van der Waals surface area contributed by atoms with Crippen LogP contribution in [0.3, 0.4) is 0 Å². The number of thiophene rings is 1. The summed E-state index contributed by atoms with van der Waals surface area (Å²) in [5.41, 5.74) is 4.89. The fourth-order valence-electron chi connectivity index (χ4n) is 1.25. The van der Waals surface area contributed by atoms with E-state index in [1.165, 1.54) is 11.3 Å². The summed E-state index contributed by atoms with van der Waals surface area (Å²) in [6.07, 6.45) is 0. The lowest BCUT2D eigenvalue weighted by atomic mass is 10.5. The van der Waals surface area contributed by atoms with Gasteiger partial charge in [-0.1, -0.05) is 11.6 Å². The molecule has 0 amide bonds. The summed E-state index contributed by atoms with van der Waals surface area (Å²) in [6.45, 7) is 0.129. The van der Waals surface area contributed by atoms with Gasteiger partial charge in [-0.25, -0.2) is 0 Å². The van der Waals surface area contributed by atoms with E-state index >= 15 is 0 Å². The molecule has 2 aromatic rings. The highest BCUT2D eigenvalue weighted by Crippen LogP contribution is 2.33. The molecule has 2 heterocycles. The van der Waals surface area contributed by atoms with E-state index in [4.69, 9.17) is 22.1 Å². The van der Waals surface area contributed by atoms with Gasteiger partial charge < -0.3 is 10.5 Å². The Morgan fingerprint density at radius 3 is 2.89 bits per heavy atom. The van der Waals surface area contributed by atoms with Gasteiger partial charge in [0.1, 0.15) is 6.61 Å². The molecule has 0 bridgehead atoms. The third kappa shape index (κ3) is 3.31. The summed E-state index contributed by atoms with van der Waals surface area (Å²) in [6, 6.07) is 1.84. The van der Waals surface area contributed by atoms with Gasteiger partial charge in [0.25, 0.3) is 0 Å². The fraction of sp³-hybridized carbons (Fsp3) is 0.111. The molecule has 0 radical (unpaired) electrons. The Balaban J connectivity index is 2.26. The van der Waals surface area contributed by atoms with E-state index in [1.807, 2.05) is 11.4 Å². The van der Waals surface area contributed by atoms with Crippen LogP contribution >= 0.6 is 38.9 Å². The van der Waals surface area contributed by atoms with Gasteiger partial charge in [0.2, 0.25) is 11.1 Å². The van der Waals surface area contributed by atoms with Crippen molar-refractivity contribution < 1.29 is 9.66 Å². The predicted molar refractivity (Wildman–Crippen MR) is 74.5 cm³/mol. The first-order chi connectivity index (χ1) is 8.97. The molecule has 0 saturated heterocycles. The van der Waals surface area contributed by atoms with Gasteiger partial charge in [0.05, 0.1) is 4.92 Å². The van der Waals surface area contributed by atoms with Crippen LogP contribution in [0.25, 0.3) is 0 Å². The Bertz CT molecular complexity index is 636. The summed E-state index contributed by atoms with van der Waals surface area (Å²) in [4.78, 5) is 18.3. The number of nitrogen functional groups attached to an aromatic ring is 1. The first kappa shape index (κ1) is 14.0. The van der Waals surface area contributed by atoms with E-state index in [0.717, 1.165) is 9.35 Å². The fourth-order valence-corrected chi connectivity index (χ4v) is 2.85. The molecule has 10 heteroatoms. The van der Waals surface area contributed by atoms with Crippen LogP contribution in [0.2, 0.25) is 5.15 Å². The molecule has 2 rings (SSSR count). The summed E-state index contributed by atoms with van der Waals surface area (Å²) in [5.74, 6) is -0.426. The third-order valence-electron chi connectivity index (χ3n) is 1.98. The topological polar surface area (TPSA) is 104 Å². The van der Waals surface area contributed by atoms with Crippen LogP contribution in [0.4, 0.5) is 11.6 Å².